The first-order valence-electron chi connectivity index (χ1n) is 16.8. The molecule has 0 aliphatic heterocycles. The van der Waals surface area contributed by atoms with Gasteiger partial charge in [-0.2, -0.15) is 0 Å². The minimum atomic E-state index is 1.13. The number of rotatable bonds is 6. The first kappa shape index (κ1) is 28.8. The average molecular weight is 627 g/mol. The smallest absolute Gasteiger partial charge is 0.0541 e. The van der Waals surface area contributed by atoms with Crippen LogP contribution in [0.25, 0.3) is 60.5 Å². The van der Waals surface area contributed by atoms with Crippen LogP contribution in [0.15, 0.2) is 188 Å². The maximum absolute atomic E-state index is 2.37. The predicted molar refractivity (Wildman–Crippen MR) is 209 cm³/mol. The molecule has 0 N–H and O–H groups in total. The van der Waals surface area contributed by atoms with Crippen LogP contribution in [0, 0.1) is 6.92 Å². The van der Waals surface area contributed by atoms with Crippen LogP contribution in [0.4, 0.5) is 17.1 Å². The lowest BCUT2D eigenvalue weighted by Gasteiger charge is -2.26. The molecule has 0 fully saturated rings. The molecule has 2 nitrogen and oxygen atoms in total. The Bertz CT molecular complexity index is 2600. The van der Waals surface area contributed by atoms with E-state index in [2.05, 4.69) is 204 Å². The molecule has 0 atom stereocenters. The molecule has 9 aromatic rings. The van der Waals surface area contributed by atoms with Crippen molar-refractivity contribution in [2.24, 2.45) is 0 Å². The van der Waals surface area contributed by atoms with Gasteiger partial charge in [0, 0.05) is 33.5 Å². The highest BCUT2D eigenvalue weighted by atomic mass is 15.1. The summed E-state index contributed by atoms with van der Waals surface area (Å²) in [6, 6.07) is 68.1. The van der Waals surface area contributed by atoms with Crippen LogP contribution < -0.4 is 4.90 Å². The summed E-state index contributed by atoms with van der Waals surface area (Å²) in [6.45, 7) is 2.15. The monoisotopic (exact) mass is 626 g/mol. The molecule has 1 heterocycles. The third-order valence-corrected chi connectivity index (χ3v) is 9.59. The van der Waals surface area contributed by atoms with E-state index in [1.807, 2.05) is 0 Å². The van der Waals surface area contributed by atoms with Gasteiger partial charge in [-0.05, 0) is 118 Å². The Morgan fingerprint density at radius 2 is 0.959 bits per heavy atom. The highest BCUT2D eigenvalue weighted by molar-refractivity contribution is 6.10. The molecule has 0 bridgehead atoms. The fourth-order valence-corrected chi connectivity index (χ4v) is 7.21. The van der Waals surface area contributed by atoms with Crippen LogP contribution in [0.3, 0.4) is 0 Å². The van der Waals surface area contributed by atoms with Gasteiger partial charge in [0.15, 0.2) is 0 Å². The molecule has 0 amide bonds. The highest BCUT2D eigenvalue weighted by Gasteiger charge is 2.16. The van der Waals surface area contributed by atoms with Crippen LogP contribution in [-0.4, -0.2) is 4.57 Å². The molecule has 0 saturated heterocycles. The van der Waals surface area contributed by atoms with E-state index >= 15 is 0 Å². The largest absolute Gasteiger partial charge is 0.310 e. The number of hydrogen-bond acceptors (Lipinski definition) is 1. The topological polar surface area (TPSA) is 8.17 Å². The minimum Gasteiger partial charge on any atom is -0.310 e. The standard InChI is InChI=1S/C47H34N2/c1-33-11-10-16-42(29-33)48(41-25-21-35(22-26-41)34-12-4-2-5-13-34)43-27-23-37-30-36(19-20-38(37)31-43)39-24-28-47-45(32-39)44-17-8-9-18-46(44)49(47)40-14-6-3-7-15-40/h2-32H,1H3. The molecule has 9 rings (SSSR count). The number of nitrogens with zero attached hydrogens (tertiary/aromatic N) is 2. The van der Waals surface area contributed by atoms with Crippen LogP contribution in [-0.2, 0) is 0 Å². The molecule has 2 heteroatoms. The van der Waals surface area contributed by atoms with E-state index in [4.69, 9.17) is 0 Å². The predicted octanol–water partition coefficient (Wildman–Crippen LogP) is 13.0. The van der Waals surface area contributed by atoms with Crippen LogP contribution in [0.5, 0.6) is 0 Å². The quantitative estimate of drug-likeness (QED) is 0.178. The molecule has 1 aromatic heterocycles. The van der Waals surface area contributed by atoms with Gasteiger partial charge in [-0.25, -0.2) is 0 Å². The van der Waals surface area contributed by atoms with E-state index in [0.717, 1.165) is 17.1 Å². The zero-order valence-electron chi connectivity index (χ0n) is 27.3. The van der Waals surface area contributed by atoms with Gasteiger partial charge in [0.1, 0.15) is 0 Å². The number of aryl methyl sites for hydroxylation is 1. The number of aromatic nitrogens is 1. The zero-order chi connectivity index (χ0) is 32.7. The van der Waals surface area contributed by atoms with Gasteiger partial charge in [-0.15, -0.1) is 0 Å². The number of para-hydroxylation sites is 2. The maximum atomic E-state index is 2.37. The second kappa shape index (κ2) is 12.0. The normalized spacial score (nSPS) is 11.4. The third-order valence-electron chi connectivity index (χ3n) is 9.59. The highest BCUT2D eigenvalue weighted by Crippen LogP contribution is 2.39. The van der Waals surface area contributed by atoms with Gasteiger partial charge in [-0.3, -0.25) is 0 Å². The second-order valence-corrected chi connectivity index (χ2v) is 12.8. The first-order chi connectivity index (χ1) is 24.2. The summed E-state index contributed by atoms with van der Waals surface area (Å²) < 4.78 is 2.37. The van der Waals surface area contributed by atoms with Crippen molar-refractivity contribution in [2.45, 2.75) is 6.92 Å². The second-order valence-electron chi connectivity index (χ2n) is 12.8. The van der Waals surface area contributed by atoms with Gasteiger partial charge < -0.3 is 9.47 Å². The summed E-state index contributed by atoms with van der Waals surface area (Å²) in [7, 11) is 0. The maximum Gasteiger partial charge on any atom is 0.0541 e. The van der Waals surface area contributed by atoms with Crippen molar-refractivity contribution in [3.8, 4) is 27.9 Å². The average Bonchev–Trinajstić information content (AvgIpc) is 3.49. The summed E-state index contributed by atoms with van der Waals surface area (Å²) in [5.41, 5.74) is 13.1. The molecule has 0 unspecified atom stereocenters. The fraction of sp³-hybridized carbons (Fsp3) is 0.0213. The SMILES string of the molecule is Cc1cccc(N(c2ccc(-c3ccccc3)cc2)c2ccc3cc(-c4ccc5c(c4)c4ccccc4n5-c4ccccc4)ccc3c2)c1. The molecular formula is C47H34N2. The fourth-order valence-electron chi connectivity index (χ4n) is 7.21. The van der Waals surface area contributed by atoms with E-state index in [1.165, 1.54) is 66.1 Å². The molecule has 0 aliphatic rings. The Hall–Kier alpha value is -6.38. The molecule has 232 valence electrons. The van der Waals surface area contributed by atoms with Crippen LogP contribution in [0.2, 0.25) is 0 Å². The van der Waals surface area contributed by atoms with Crippen molar-refractivity contribution >= 4 is 49.6 Å². The number of hydrogen-bond donors (Lipinski definition) is 0. The van der Waals surface area contributed by atoms with Crippen LogP contribution >= 0.6 is 0 Å². The van der Waals surface area contributed by atoms with Crippen LogP contribution in [0.1, 0.15) is 5.56 Å². The molecule has 0 saturated carbocycles. The number of benzene rings is 8. The lowest BCUT2D eigenvalue weighted by atomic mass is 9.99. The van der Waals surface area contributed by atoms with Crippen molar-refractivity contribution in [3.05, 3.63) is 194 Å². The van der Waals surface area contributed by atoms with Crippen molar-refractivity contribution in [2.75, 3.05) is 4.90 Å². The van der Waals surface area contributed by atoms with Gasteiger partial charge in [0.2, 0.25) is 0 Å². The van der Waals surface area contributed by atoms with Gasteiger partial charge >= 0.3 is 0 Å². The lowest BCUT2D eigenvalue weighted by Crippen LogP contribution is -2.10. The summed E-state index contributed by atoms with van der Waals surface area (Å²) in [4.78, 5) is 2.35. The summed E-state index contributed by atoms with van der Waals surface area (Å²) in [6.07, 6.45) is 0. The Morgan fingerprint density at radius 3 is 1.78 bits per heavy atom. The lowest BCUT2D eigenvalue weighted by molar-refractivity contribution is 1.18. The van der Waals surface area contributed by atoms with E-state index in [0.29, 0.717) is 0 Å². The van der Waals surface area contributed by atoms with Gasteiger partial charge in [-0.1, -0.05) is 115 Å². The molecule has 0 radical (unpaired) electrons. The molecule has 8 aromatic carbocycles. The minimum absolute atomic E-state index is 1.13. The molecule has 0 spiro atoms. The van der Waals surface area contributed by atoms with E-state index in [1.54, 1.807) is 0 Å². The van der Waals surface area contributed by atoms with Gasteiger partial charge in [0.05, 0.1) is 11.0 Å². The third kappa shape index (κ3) is 5.24. The van der Waals surface area contributed by atoms with Crippen molar-refractivity contribution in [3.63, 3.8) is 0 Å². The Kier molecular flexibility index (Phi) is 7.06. The first-order valence-corrected chi connectivity index (χ1v) is 16.8. The Balaban J connectivity index is 1.11. The van der Waals surface area contributed by atoms with Gasteiger partial charge in [0.25, 0.3) is 0 Å². The van der Waals surface area contributed by atoms with Crippen molar-refractivity contribution in [1.29, 1.82) is 0 Å². The molecular weight excluding hydrogens is 593 g/mol. The van der Waals surface area contributed by atoms with E-state index in [9.17, 15) is 0 Å². The summed E-state index contributed by atoms with van der Waals surface area (Å²) in [5, 5.41) is 4.96. The Labute approximate surface area is 286 Å². The van der Waals surface area contributed by atoms with E-state index < -0.39 is 0 Å². The Morgan fingerprint density at radius 1 is 0.367 bits per heavy atom. The zero-order valence-corrected chi connectivity index (χ0v) is 27.3. The van der Waals surface area contributed by atoms with E-state index in [-0.39, 0.29) is 0 Å². The molecule has 0 aliphatic carbocycles. The van der Waals surface area contributed by atoms with Crippen molar-refractivity contribution in [1.82, 2.24) is 4.57 Å². The van der Waals surface area contributed by atoms with Crippen molar-refractivity contribution < 1.29 is 0 Å². The molecule has 49 heavy (non-hydrogen) atoms. The number of fused-ring (bicyclic) bond motifs is 4. The summed E-state index contributed by atoms with van der Waals surface area (Å²) in [5.74, 6) is 0. The summed E-state index contributed by atoms with van der Waals surface area (Å²) >= 11 is 0. The number of anilines is 3.